The van der Waals surface area contributed by atoms with Crippen molar-refractivity contribution in [1.82, 2.24) is 0 Å². The van der Waals surface area contributed by atoms with Crippen LogP contribution in [0.5, 0.6) is 0 Å². The van der Waals surface area contributed by atoms with Crippen molar-refractivity contribution in [1.29, 1.82) is 0 Å². The second kappa shape index (κ2) is 8.80. The maximum absolute atomic E-state index is 14.0. The smallest absolute Gasteiger partial charge is 0.156 e. The van der Waals surface area contributed by atoms with Crippen molar-refractivity contribution in [3.05, 3.63) is 0 Å². The number of unbranched alkanes of at least 4 members (excludes halogenated alkanes) is 3. The summed E-state index contributed by atoms with van der Waals surface area (Å²) in [5.74, 6) is 0. The van der Waals surface area contributed by atoms with Gasteiger partial charge in [0.2, 0.25) is 0 Å². The van der Waals surface area contributed by atoms with Crippen molar-refractivity contribution < 1.29 is 8.78 Å². The summed E-state index contributed by atoms with van der Waals surface area (Å²) in [6.45, 7) is 6.25. The lowest BCUT2D eigenvalue weighted by Crippen LogP contribution is -2.22. The maximum Gasteiger partial charge on any atom is 0.408 e. The third kappa shape index (κ3) is 5.96. The first kappa shape index (κ1) is 17.8. The molecule has 0 aromatic rings. The average Bonchev–Trinajstić information content (AvgIpc) is 2.27. The summed E-state index contributed by atoms with van der Waals surface area (Å²) in [6, 6.07) is 0. The van der Waals surface area contributed by atoms with Gasteiger partial charge in [0.1, 0.15) is 7.26 Å². The number of rotatable bonds is 10. The first-order valence-corrected chi connectivity index (χ1v) is 10.00. The Morgan fingerprint density at radius 1 is 0.824 bits per heavy atom. The summed E-state index contributed by atoms with van der Waals surface area (Å²) >= 11 is 2.71. The number of hydrogen-bond donors (Lipinski definition) is 0. The van der Waals surface area contributed by atoms with E-state index in [2.05, 4.69) is 36.7 Å². The number of halogens is 3. The maximum atomic E-state index is 14.0. The molecule has 0 bridgehead atoms. The zero-order valence-electron chi connectivity index (χ0n) is 11.4. The van der Waals surface area contributed by atoms with Gasteiger partial charge in [-0.2, -0.15) is 8.78 Å². The molecule has 0 fully saturated rings. The van der Waals surface area contributed by atoms with E-state index >= 15 is 0 Å². The summed E-state index contributed by atoms with van der Waals surface area (Å²) in [6.07, 6.45) is 8.15. The van der Waals surface area contributed by atoms with Crippen molar-refractivity contribution in [3.63, 3.8) is 0 Å². The van der Waals surface area contributed by atoms with Gasteiger partial charge in [0.05, 0.1) is 18.5 Å². The topological polar surface area (TPSA) is 0 Å². The van der Waals surface area contributed by atoms with Crippen LogP contribution in [-0.2, 0) is 0 Å². The number of hydrogen-bond acceptors (Lipinski definition) is 0. The van der Waals surface area contributed by atoms with E-state index in [9.17, 15) is 8.78 Å². The van der Waals surface area contributed by atoms with Gasteiger partial charge in [0.25, 0.3) is 0 Å². The highest BCUT2D eigenvalue weighted by Gasteiger charge is 2.57. The van der Waals surface area contributed by atoms with E-state index in [1.807, 2.05) is 0 Å². The molecule has 104 valence electrons. The SMILES string of the molecule is CCCC[P+](CCCC)(CCCC)C(F)(F)Br. The molecular weight excluding hydrogens is 305 g/mol. The Morgan fingerprint density at radius 3 is 1.29 bits per heavy atom. The second-order valence-corrected chi connectivity index (χ2v) is 10.6. The first-order chi connectivity index (χ1) is 7.93. The lowest BCUT2D eigenvalue weighted by Gasteiger charge is -2.31. The fraction of sp³-hybridized carbons (Fsp3) is 1.00. The molecule has 0 aliphatic heterocycles. The van der Waals surface area contributed by atoms with E-state index in [1.54, 1.807) is 0 Å². The monoisotopic (exact) mass is 331 g/mol. The Hall–Kier alpha value is 0.770. The second-order valence-electron chi connectivity index (χ2n) is 4.84. The van der Waals surface area contributed by atoms with Gasteiger partial charge in [-0.25, -0.2) is 0 Å². The van der Waals surface area contributed by atoms with Crippen molar-refractivity contribution >= 4 is 23.2 Å². The quantitative estimate of drug-likeness (QED) is 0.323. The predicted octanol–water partition coefficient (Wildman–Crippen LogP) is 6.35. The summed E-state index contributed by atoms with van der Waals surface area (Å²) in [5.41, 5.74) is 0. The minimum absolute atomic E-state index is 0.752. The molecule has 0 atom stereocenters. The third-order valence-corrected chi connectivity index (χ3v) is 10.2. The van der Waals surface area contributed by atoms with Crippen molar-refractivity contribution in [2.75, 3.05) is 18.5 Å². The number of alkyl halides is 3. The van der Waals surface area contributed by atoms with Gasteiger partial charge in [-0.3, -0.25) is 0 Å². The highest BCUT2D eigenvalue weighted by Crippen LogP contribution is 2.74. The summed E-state index contributed by atoms with van der Waals surface area (Å²) < 4.78 is 25.3. The molecule has 0 aromatic heterocycles. The van der Waals surface area contributed by atoms with Gasteiger partial charge < -0.3 is 0 Å². The van der Waals surface area contributed by atoms with E-state index < -0.39 is 11.8 Å². The minimum Gasteiger partial charge on any atom is -0.156 e. The Balaban J connectivity index is 4.78. The molecule has 0 saturated heterocycles. The van der Waals surface area contributed by atoms with Crippen molar-refractivity contribution in [3.8, 4) is 0 Å². The molecule has 4 heteroatoms. The molecule has 0 nitrogen and oxygen atoms in total. The van der Waals surface area contributed by atoms with Crippen LogP contribution in [0.2, 0.25) is 0 Å². The molecule has 17 heavy (non-hydrogen) atoms. The molecule has 0 saturated carbocycles. The normalized spacial score (nSPS) is 13.1. The van der Waals surface area contributed by atoms with Crippen LogP contribution in [0.15, 0.2) is 0 Å². The predicted molar refractivity (Wildman–Crippen MR) is 80.1 cm³/mol. The summed E-state index contributed by atoms with van der Waals surface area (Å²) in [4.78, 5) is 0. The Bertz CT molecular complexity index is 171. The molecule has 0 rings (SSSR count). The third-order valence-electron chi connectivity index (χ3n) is 3.36. The van der Waals surface area contributed by atoms with Gasteiger partial charge >= 0.3 is 4.57 Å². The van der Waals surface area contributed by atoms with Crippen molar-refractivity contribution in [2.24, 2.45) is 0 Å². The highest BCUT2D eigenvalue weighted by molar-refractivity contribution is 9.11. The van der Waals surface area contributed by atoms with Gasteiger partial charge in [-0.1, -0.05) is 40.0 Å². The summed E-state index contributed by atoms with van der Waals surface area (Å²) in [7, 11) is -2.15. The molecule has 0 aliphatic rings. The highest BCUT2D eigenvalue weighted by atomic mass is 79.9. The van der Waals surface area contributed by atoms with E-state index in [1.165, 1.54) is 0 Å². The lowest BCUT2D eigenvalue weighted by molar-refractivity contribution is 0.207. The molecule has 0 spiro atoms. The zero-order chi connectivity index (χ0) is 13.4. The van der Waals surface area contributed by atoms with Crippen LogP contribution in [-0.4, -0.2) is 23.1 Å². The largest absolute Gasteiger partial charge is 0.408 e. The van der Waals surface area contributed by atoms with Crippen molar-refractivity contribution in [2.45, 2.75) is 63.9 Å². The molecule has 0 aliphatic carbocycles. The molecule has 0 aromatic carbocycles. The Labute approximate surface area is 114 Å². The average molecular weight is 332 g/mol. The standard InChI is InChI=1S/C13H27BrF2P/c1-4-7-10-17(11-8-5-2,12-9-6-3)13(14,15)16/h4-12H2,1-3H3/q+1. The molecular formula is C13H27BrF2P+. The van der Waals surface area contributed by atoms with E-state index in [-0.39, 0.29) is 0 Å². The molecule has 0 N–H and O–H groups in total. The van der Waals surface area contributed by atoms with Gasteiger partial charge in [-0.05, 0) is 19.3 Å². The summed E-state index contributed by atoms with van der Waals surface area (Å²) in [5, 5.41) is 0. The van der Waals surface area contributed by atoms with E-state index in [4.69, 9.17) is 0 Å². The van der Waals surface area contributed by atoms with E-state index in [0.717, 1.165) is 57.0 Å². The zero-order valence-corrected chi connectivity index (χ0v) is 13.9. The minimum atomic E-state index is -2.61. The van der Waals surface area contributed by atoms with E-state index in [0.29, 0.717) is 0 Å². The molecule has 0 heterocycles. The molecule has 0 unspecified atom stereocenters. The lowest BCUT2D eigenvalue weighted by atomic mass is 10.4. The van der Waals surface area contributed by atoms with Crippen LogP contribution >= 0.6 is 23.2 Å². The van der Waals surface area contributed by atoms with Crippen LogP contribution in [0.25, 0.3) is 0 Å². The molecule has 0 radical (unpaired) electrons. The van der Waals surface area contributed by atoms with Gasteiger partial charge in [-0.15, -0.1) is 0 Å². The fourth-order valence-electron chi connectivity index (χ4n) is 2.10. The Morgan fingerprint density at radius 2 is 1.12 bits per heavy atom. The van der Waals surface area contributed by atoms with Crippen LogP contribution in [0.3, 0.4) is 0 Å². The first-order valence-electron chi connectivity index (χ1n) is 6.86. The molecule has 0 amide bonds. The van der Waals surface area contributed by atoms with Crippen LogP contribution in [0.1, 0.15) is 59.3 Å². The van der Waals surface area contributed by atoms with Crippen LogP contribution in [0, 0.1) is 0 Å². The van der Waals surface area contributed by atoms with Gasteiger partial charge in [0, 0.05) is 15.9 Å². The van der Waals surface area contributed by atoms with Gasteiger partial charge in [0.15, 0.2) is 0 Å². The Kier molecular flexibility index (Phi) is 9.20. The van der Waals surface area contributed by atoms with Crippen LogP contribution in [0.4, 0.5) is 8.78 Å². The fourth-order valence-corrected chi connectivity index (χ4v) is 7.89. The van der Waals surface area contributed by atoms with Crippen LogP contribution < -0.4 is 0 Å².